The zero-order valence-corrected chi connectivity index (χ0v) is 17.3. The van der Waals surface area contributed by atoms with Crippen molar-refractivity contribution in [2.75, 3.05) is 27.2 Å². The Hall–Kier alpha value is -3.51. The second-order valence-corrected chi connectivity index (χ2v) is 8.10. The summed E-state index contributed by atoms with van der Waals surface area (Å²) in [6.07, 6.45) is 0. The van der Waals surface area contributed by atoms with Crippen LogP contribution in [0.5, 0.6) is 0 Å². The fourth-order valence-electron chi connectivity index (χ4n) is 4.31. The third kappa shape index (κ3) is 3.11. The molecule has 1 aliphatic rings. The topological polar surface area (TPSA) is 53.8 Å². The Morgan fingerprint density at radius 3 is 2.58 bits per heavy atom. The summed E-state index contributed by atoms with van der Waals surface area (Å²) in [6, 6.07) is 16.6. The monoisotopic (exact) mass is 416 g/mol. The van der Waals surface area contributed by atoms with Crippen molar-refractivity contribution in [1.29, 1.82) is 0 Å². The third-order valence-corrected chi connectivity index (χ3v) is 5.81. The normalized spacial score (nSPS) is 15.9. The first-order valence-corrected chi connectivity index (χ1v) is 10.2. The predicted molar refractivity (Wildman–Crippen MR) is 118 cm³/mol. The van der Waals surface area contributed by atoms with Crippen LogP contribution < -0.4 is 5.43 Å². The van der Waals surface area contributed by atoms with E-state index in [1.807, 2.05) is 49.3 Å². The quantitative estimate of drug-likeness (QED) is 0.468. The lowest BCUT2D eigenvalue weighted by atomic mass is 9.97. The van der Waals surface area contributed by atoms with Crippen LogP contribution in [0.25, 0.3) is 21.7 Å². The summed E-state index contributed by atoms with van der Waals surface area (Å²) in [6.45, 7) is 0.982. The van der Waals surface area contributed by atoms with Crippen LogP contribution in [-0.4, -0.2) is 42.9 Å². The number of hydrogen-bond acceptors (Lipinski definition) is 4. The summed E-state index contributed by atoms with van der Waals surface area (Å²) in [5, 5.41) is 2.12. The smallest absolute Gasteiger partial charge is 0.290 e. The minimum atomic E-state index is -0.690. The first kappa shape index (κ1) is 19.5. The first-order chi connectivity index (χ1) is 15.0. The van der Waals surface area contributed by atoms with Crippen LogP contribution in [0.1, 0.15) is 27.7 Å². The molecule has 156 valence electrons. The van der Waals surface area contributed by atoms with Crippen molar-refractivity contribution >= 4 is 27.6 Å². The fourth-order valence-corrected chi connectivity index (χ4v) is 4.31. The molecule has 0 fully saturated rings. The summed E-state index contributed by atoms with van der Waals surface area (Å²) in [5.41, 5.74) is 0.982. The average molecular weight is 416 g/mol. The van der Waals surface area contributed by atoms with E-state index in [1.54, 1.807) is 23.1 Å². The van der Waals surface area contributed by atoms with Crippen molar-refractivity contribution in [3.8, 4) is 0 Å². The van der Waals surface area contributed by atoms with Crippen molar-refractivity contribution in [2.45, 2.75) is 6.04 Å². The largest absolute Gasteiger partial charge is 0.450 e. The van der Waals surface area contributed by atoms with Gasteiger partial charge in [0.15, 0.2) is 5.43 Å². The maximum Gasteiger partial charge on any atom is 0.290 e. The van der Waals surface area contributed by atoms with Gasteiger partial charge in [0.2, 0.25) is 5.76 Å². The summed E-state index contributed by atoms with van der Waals surface area (Å²) in [4.78, 5) is 30.6. The van der Waals surface area contributed by atoms with Gasteiger partial charge in [-0.1, -0.05) is 42.5 Å². The number of carbonyl (C=O) groups excluding carboxylic acids is 1. The Kier molecular flexibility index (Phi) is 4.59. The molecule has 1 amide bonds. The SMILES string of the molecule is CN(C)CCN1C(=O)c2oc3c(ccc4ccccc43)c(=O)c2[C@@H]1c1cccc(F)c1. The van der Waals surface area contributed by atoms with Gasteiger partial charge in [-0.15, -0.1) is 0 Å². The number of carbonyl (C=O) groups is 1. The molecule has 6 heteroatoms. The minimum Gasteiger partial charge on any atom is -0.450 e. The van der Waals surface area contributed by atoms with Gasteiger partial charge in [-0.2, -0.15) is 0 Å². The molecule has 1 aliphatic heterocycles. The summed E-state index contributed by atoms with van der Waals surface area (Å²) >= 11 is 0. The molecule has 0 unspecified atom stereocenters. The number of likely N-dealkylation sites (N-methyl/N-ethyl adjacent to an activating group) is 1. The zero-order chi connectivity index (χ0) is 21.7. The van der Waals surface area contributed by atoms with Gasteiger partial charge in [-0.3, -0.25) is 9.59 Å². The molecule has 5 nitrogen and oxygen atoms in total. The molecule has 0 aliphatic carbocycles. The van der Waals surface area contributed by atoms with Crippen molar-refractivity contribution in [3.63, 3.8) is 0 Å². The van der Waals surface area contributed by atoms with Gasteiger partial charge in [0.05, 0.1) is 17.0 Å². The molecule has 0 bridgehead atoms. The van der Waals surface area contributed by atoms with E-state index in [-0.39, 0.29) is 22.7 Å². The molecule has 2 heterocycles. The van der Waals surface area contributed by atoms with Crippen LogP contribution in [0, 0.1) is 5.82 Å². The lowest BCUT2D eigenvalue weighted by molar-refractivity contribution is 0.0716. The Bertz CT molecular complexity index is 1390. The number of nitrogens with zero attached hydrogens (tertiary/aromatic N) is 2. The molecule has 5 rings (SSSR count). The highest BCUT2D eigenvalue weighted by Crippen LogP contribution is 2.39. The summed E-state index contributed by atoms with van der Waals surface area (Å²) < 4.78 is 20.2. The van der Waals surface area contributed by atoms with Crippen molar-refractivity contribution < 1.29 is 13.6 Å². The summed E-state index contributed by atoms with van der Waals surface area (Å²) in [5.74, 6) is -0.720. The molecule has 1 aromatic heterocycles. The number of rotatable bonds is 4. The molecule has 1 atom stereocenters. The minimum absolute atomic E-state index is 0.0434. The highest BCUT2D eigenvalue weighted by Gasteiger charge is 2.42. The third-order valence-electron chi connectivity index (χ3n) is 5.81. The number of amides is 1. The molecule has 31 heavy (non-hydrogen) atoms. The lowest BCUT2D eigenvalue weighted by Gasteiger charge is -2.26. The van der Waals surface area contributed by atoms with E-state index in [4.69, 9.17) is 4.42 Å². The first-order valence-electron chi connectivity index (χ1n) is 10.2. The molecular formula is C25H21FN2O3. The molecule has 0 saturated carbocycles. The number of halogens is 1. The highest BCUT2D eigenvalue weighted by molar-refractivity contribution is 6.06. The van der Waals surface area contributed by atoms with E-state index < -0.39 is 11.9 Å². The second kappa shape index (κ2) is 7.32. The van der Waals surface area contributed by atoms with Crippen LogP contribution in [0.2, 0.25) is 0 Å². The van der Waals surface area contributed by atoms with Crippen molar-refractivity contribution in [1.82, 2.24) is 9.80 Å². The predicted octanol–water partition coefficient (Wildman–Crippen LogP) is 4.19. The molecule has 0 spiro atoms. The zero-order valence-electron chi connectivity index (χ0n) is 17.3. The van der Waals surface area contributed by atoms with Gasteiger partial charge < -0.3 is 14.2 Å². The van der Waals surface area contributed by atoms with Crippen LogP contribution in [0.4, 0.5) is 4.39 Å². The van der Waals surface area contributed by atoms with Gasteiger partial charge in [0.1, 0.15) is 11.4 Å². The van der Waals surface area contributed by atoms with E-state index in [2.05, 4.69) is 0 Å². The van der Waals surface area contributed by atoms with Gasteiger partial charge in [-0.05, 0) is 43.2 Å². The molecular weight excluding hydrogens is 395 g/mol. The number of hydrogen-bond donors (Lipinski definition) is 0. The number of fused-ring (bicyclic) bond motifs is 4. The Labute approximate surface area is 178 Å². The van der Waals surface area contributed by atoms with Crippen molar-refractivity contribution in [3.05, 3.63) is 93.6 Å². The fraction of sp³-hybridized carbons (Fsp3) is 0.200. The van der Waals surface area contributed by atoms with E-state index in [9.17, 15) is 14.0 Å². The van der Waals surface area contributed by atoms with Crippen LogP contribution in [-0.2, 0) is 0 Å². The van der Waals surface area contributed by atoms with Gasteiger partial charge in [-0.25, -0.2) is 4.39 Å². The van der Waals surface area contributed by atoms with Crippen molar-refractivity contribution in [2.24, 2.45) is 0 Å². The van der Waals surface area contributed by atoms with Crippen LogP contribution in [0.15, 0.2) is 69.9 Å². The maximum atomic E-state index is 14.0. The average Bonchev–Trinajstić information content (AvgIpc) is 3.04. The van der Waals surface area contributed by atoms with E-state index in [0.29, 0.717) is 29.6 Å². The van der Waals surface area contributed by atoms with E-state index in [1.165, 1.54) is 12.1 Å². The van der Waals surface area contributed by atoms with Crippen LogP contribution in [0.3, 0.4) is 0 Å². The summed E-state index contributed by atoms with van der Waals surface area (Å²) in [7, 11) is 3.82. The lowest BCUT2D eigenvalue weighted by Crippen LogP contribution is -2.35. The van der Waals surface area contributed by atoms with Gasteiger partial charge >= 0.3 is 0 Å². The second-order valence-electron chi connectivity index (χ2n) is 8.10. The molecule has 4 aromatic rings. The Balaban J connectivity index is 1.79. The molecule has 0 saturated heterocycles. The molecule has 3 aromatic carbocycles. The standard InChI is InChI=1S/C25H21FN2O3/c1-27(2)12-13-28-21(16-7-5-8-17(26)14-16)20-22(29)19-11-10-15-6-3-4-9-18(15)23(19)31-24(20)25(28)30/h3-11,14,21H,12-13H2,1-2H3/t21-/m0/s1. The highest BCUT2D eigenvalue weighted by atomic mass is 19.1. The van der Waals surface area contributed by atoms with Crippen LogP contribution >= 0.6 is 0 Å². The van der Waals surface area contributed by atoms with Gasteiger partial charge in [0.25, 0.3) is 5.91 Å². The maximum absolute atomic E-state index is 14.0. The number of benzene rings is 3. The molecule has 0 radical (unpaired) electrons. The Morgan fingerprint density at radius 1 is 1.00 bits per heavy atom. The molecule has 0 N–H and O–H groups in total. The van der Waals surface area contributed by atoms with E-state index >= 15 is 0 Å². The van der Waals surface area contributed by atoms with E-state index in [0.717, 1.165) is 10.8 Å². The Morgan fingerprint density at radius 2 is 1.81 bits per heavy atom. The van der Waals surface area contributed by atoms with Gasteiger partial charge in [0, 0.05) is 18.5 Å².